The van der Waals surface area contributed by atoms with E-state index in [1.807, 2.05) is 0 Å². The summed E-state index contributed by atoms with van der Waals surface area (Å²) < 4.78 is 0. The van der Waals surface area contributed by atoms with Gasteiger partial charge in [0.1, 0.15) is 0 Å². The van der Waals surface area contributed by atoms with Crippen LogP contribution in [0.5, 0.6) is 0 Å². The number of nitrogens with one attached hydrogen (secondary N) is 1. The molecule has 0 unspecified atom stereocenters. The minimum atomic E-state index is 0.147. The van der Waals surface area contributed by atoms with Gasteiger partial charge in [-0.05, 0) is 67.6 Å². The van der Waals surface area contributed by atoms with Gasteiger partial charge in [0.2, 0.25) is 5.91 Å². The standard InChI is InChI=1S/C16H17Cl2NO/c17-9-2-4-15(14(18)6-9)19-16(20)13-7-11-8-1-3-10(13)12(11)5-8/h2,4,6,8,10-13H,1,3,5,7H2,(H,19,20)/t8-,10-,11-,12+,13-/m0/s1. The van der Waals surface area contributed by atoms with Crippen molar-refractivity contribution in [1.82, 2.24) is 0 Å². The average Bonchev–Trinajstić information content (AvgIpc) is 2.60. The van der Waals surface area contributed by atoms with Gasteiger partial charge >= 0.3 is 0 Å². The molecule has 3 aliphatic carbocycles. The fraction of sp³-hybridized carbons (Fsp3) is 0.562. The topological polar surface area (TPSA) is 29.1 Å². The minimum absolute atomic E-state index is 0.147. The molecule has 20 heavy (non-hydrogen) atoms. The van der Waals surface area contributed by atoms with Crippen LogP contribution in [0.25, 0.3) is 0 Å². The Labute approximate surface area is 128 Å². The normalized spacial score (nSPS) is 37.4. The summed E-state index contributed by atoms with van der Waals surface area (Å²) in [5, 5.41) is 4.10. The third-order valence-electron chi connectivity index (χ3n) is 5.72. The van der Waals surface area contributed by atoms with Gasteiger partial charge in [-0.3, -0.25) is 4.79 Å². The molecule has 1 aromatic rings. The Balaban J connectivity index is 1.51. The Kier molecular flexibility index (Phi) is 3.01. The minimum Gasteiger partial charge on any atom is -0.325 e. The monoisotopic (exact) mass is 309 g/mol. The maximum Gasteiger partial charge on any atom is 0.227 e. The molecule has 0 radical (unpaired) electrons. The van der Waals surface area contributed by atoms with E-state index in [2.05, 4.69) is 5.32 Å². The van der Waals surface area contributed by atoms with Crippen molar-refractivity contribution in [3.05, 3.63) is 28.2 Å². The molecule has 106 valence electrons. The molecule has 0 aromatic heterocycles. The fourth-order valence-corrected chi connectivity index (χ4v) is 5.21. The predicted molar refractivity (Wildman–Crippen MR) is 81.0 cm³/mol. The molecule has 4 heteroatoms. The molecule has 1 aromatic carbocycles. The molecule has 0 saturated heterocycles. The number of hydrogen-bond acceptors (Lipinski definition) is 1. The van der Waals surface area contributed by atoms with Crippen molar-refractivity contribution in [3.63, 3.8) is 0 Å². The van der Waals surface area contributed by atoms with Crippen LogP contribution in [0.1, 0.15) is 25.7 Å². The predicted octanol–water partition coefficient (Wildman–Crippen LogP) is 4.61. The molecule has 0 aliphatic heterocycles. The van der Waals surface area contributed by atoms with E-state index in [-0.39, 0.29) is 11.8 Å². The number of carbonyl (C=O) groups excluding carboxylic acids is 1. The van der Waals surface area contributed by atoms with Gasteiger partial charge in [0, 0.05) is 10.9 Å². The maximum absolute atomic E-state index is 12.6. The Morgan fingerprint density at radius 1 is 1.10 bits per heavy atom. The van der Waals surface area contributed by atoms with Gasteiger partial charge in [0.25, 0.3) is 0 Å². The number of benzene rings is 1. The van der Waals surface area contributed by atoms with Crippen molar-refractivity contribution in [2.75, 3.05) is 5.32 Å². The average molecular weight is 310 g/mol. The number of amides is 1. The Hall–Kier alpha value is -0.730. The SMILES string of the molecule is O=C(Nc1ccc(Cl)cc1Cl)[C@H]1C[C@H]2[C@H]3CC[C@H]1[C@H]2C3. The highest BCUT2D eigenvalue weighted by Gasteiger charge is 2.58. The van der Waals surface area contributed by atoms with Crippen LogP contribution in [-0.4, -0.2) is 5.91 Å². The molecule has 3 fully saturated rings. The lowest BCUT2D eigenvalue weighted by Crippen LogP contribution is -2.41. The fourth-order valence-electron chi connectivity index (χ4n) is 4.75. The second-order valence-electron chi connectivity index (χ2n) is 6.52. The highest BCUT2D eigenvalue weighted by Crippen LogP contribution is 2.63. The molecule has 4 bridgehead atoms. The molecular weight excluding hydrogens is 293 g/mol. The molecule has 4 rings (SSSR count). The zero-order valence-electron chi connectivity index (χ0n) is 11.1. The van der Waals surface area contributed by atoms with Crippen LogP contribution in [0.3, 0.4) is 0 Å². The van der Waals surface area contributed by atoms with Crippen LogP contribution in [0.15, 0.2) is 18.2 Å². The van der Waals surface area contributed by atoms with Gasteiger partial charge in [-0.15, -0.1) is 0 Å². The molecule has 5 atom stereocenters. The summed E-state index contributed by atoms with van der Waals surface area (Å²) in [7, 11) is 0. The van der Waals surface area contributed by atoms with E-state index in [1.54, 1.807) is 18.2 Å². The van der Waals surface area contributed by atoms with Crippen LogP contribution in [0, 0.1) is 29.6 Å². The van der Waals surface area contributed by atoms with Gasteiger partial charge in [0.15, 0.2) is 0 Å². The quantitative estimate of drug-likeness (QED) is 0.849. The molecule has 1 N–H and O–H groups in total. The summed E-state index contributed by atoms with van der Waals surface area (Å²) in [5.41, 5.74) is 0.676. The Bertz CT molecular complexity index is 572. The van der Waals surface area contributed by atoms with E-state index in [0.29, 0.717) is 21.7 Å². The van der Waals surface area contributed by atoms with Crippen LogP contribution >= 0.6 is 23.2 Å². The summed E-state index contributed by atoms with van der Waals surface area (Å²) in [6.07, 6.45) is 5.01. The first kappa shape index (κ1) is 13.0. The zero-order valence-corrected chi connectivity index (χ0v) is 12.6. The number of anilines is 1. The summed E-state index contributed by atoms with van der Waals surface area (Å²) in [6.45, 7) is 0. The Morgan fingerprint density at radius 2 is 1.95 bits per heavy atom. The van der Waals surface area contributed by atoms with Crippen molar-refractivity contribution in [2.45, 2.75) is 25.7 Å². The van der Waals surface area contributed by atoms with Crippen LogP contribution in [0.4, 0.5) is 5.69 Å². The molecule has 0 heterocycles. The van der Waals surface area contributed by atoms with E-state index >= 15 is 0 Å². The number of hydrogen-bond donors (Lipinski definition) is 1. The number of halogens is 2. The zero-order chi connectivity index (χ0) is 13.9. The van der Waals surface area contributed by atoms with Crippen molar-refractivity contribution in [1.29, 1.82) is 0 Å². The highest BCUT2D eigenvalue weighted by atomic mass is 35.5. The summed E-state index contributed by atoms with van der Waals surface area (Å²) in [6, 6.07) is 5.21. The molecule has 3 saturated carbocycles. The van der Waals surface area contributed by atoms with E-state index in [0.717, 1.165) is 24.2 Å². The highest BCUT2D eigenvalue weighted by molar-refractivity contribution is 6.36. The van der Waals surface area contributed by atoms with E-state index < -0.39 is 0 Å². The van der Waals surface area contributed by atoms with Crippen molar-refractivity contribution >= 4 is 34.8 Å². The van der Waals surface area contributed by atoms with Gasteiger partial charge in [-0.1, -0.05) is 23.2 Å². The van der Waals surface area contributed by atoms with Crippen molar-refractivity contribution < 1.29 is 4.79 Å². The van der Waals surface area contributed by atoms with E-state index in [9.17, 15) is 4.79 Å². The maximum atomic E-state index is 12.6. The van der Waals surface area contributed by atoms with Crippen molar-refractivity contribution in [2.24, 2.45) is 29.6 Å². The lowest BCUT2D eigenvalue weighted by Gasteiger charge is -2.48. The van der Waals surface area contributed by atoms with Crippen molar-refractivity contribution in [3.8, 4) is 0 Å². The third-order valence-corrected chi connectivity index (χ3v) is 6.27. The molecular formula is C16H17Cl2NO. The van der Waals surface area contributed by atoms with Gasteiger partial charge in [-0.2, -0.15) is 0 Å². The van der Waals surface area contributed by atoms with E-state index in [4.69, 9.17) is 23.2 Å². The second-order valence-corrected chi connectivity index (χ2v) is 7.36. The first-order valence-corrected chi connectivity index (χ1v) is 8.15. The van der Waals surface area contributed by atoms with Gasteiger partial charge < -0.3 is 5.32 Å². The number of carbonyl (C=O) groups is 1. The summed E-state index contributed by atoms with van der Waals surface area (Å²) in [5.74, 6) is 3.50. The first-order valence-electron chi connectivity index (χ1n) is 7.39. The second kappa shape index (κ2) is 4.64. The van der Waals surface area contributed by atoms with Crippen LogP contribution in [-0.2, 0) is 4.79 Å². The van der Waals surface area contributed by atoms with Gasteiger partial charge in [0.05, 0.1) is 10.7 Å². The summed E-state index contributed by atoms with van der Waals surface area (Å²) in [4.78, 5) is 12.6. The van der Waals surface area contributed by atoms with E-state index in [1.165, 1.54) is 19.3 Å². The Morgan fingerprint density at radius 3 is 2.65 bits per heavy atom. The molecule has 1 amide bonds. The third kappa shape index (κ3) is 1.88. The van der Waals surface area contributed by atoms with Crippen LogP contribution in [0.2, 0.25) is 10.0 Å². The first-order chi connectivity index (χ1) is 9.63. The smallest absolute Gasteiger partial charge is 0.227 e. The number of rotatable bonds is 2. The van der Waals surface area contributed by atoms with Crippen LogP contribution < -0.4 is 5.32 Å². The largest absolute Gasteiger partial charge is 0.325 e. The molecule has 3 aliphatic rings. The lowest BCUT2D eigenvalue weighted by molar-refractivity contribution is -0.121. The molecule has 2 nitrogen and oxygen atoms in total. The lowest BCUT2D eigenvalue weighted by atomic mass is 9.57. The molecule has 0 spiro atoms. The van der Waals surface area contributed by atoms with Gasteiger partial charge in [-0.25, -0.2) is 0 Å². The summed E-state index contributed by atoms with van der Waals surface area (Å²) >= 11 is 12.0.